The van der Waals surface area contributed by atoms with E-state index in [9.17, 15) is 8.42 Å². The molecule has 0 aromatic heterocycles. The lowest BCUT2D eigenvalue weighted by atomic mass is 10.1. The van der Waals surface area contributed by atoms with E-state index in [1.807, 2.05) is 12.1 Å². The quantitative estimate of drug-likeness (QED) is 0.668. The van der Waals surface area contributed by atoms with Gasteiger partial charge >= 0.3 is 0 Å². The number of unbranched alkanes of at least 4 members (excludes halogenated alkanes) is 5. The average Bonchev–Trinajstić information content (AvgIpc) is 2.33. The largest absolute Gasteiger partial charge is 0.224 e. The topological polar surface area (TPSA) is 34.1 Å². The van der Waals surface area contributed by atoms with Gasteiger partial charge in [0.2, 0.25) is 0 Å². The van der Waals surface area contributed by atoms with Crippen LogP contribution in [-0.2, 0) is 16.3 Å². The lowest BCUT2D eigenvalue weighted by Crippen LogP contribution is -1.97. The monoisotopic (exact) mass is 268 g/mol. The third kappa shape index (κ3) is 5.67. The van der Waals surface area contributed by atoms with Gasteiger partial charge in [0, 0.05) is 6.26 Å². The maximum absolute atomic E-state index is 11.3. The molecule has 3 heteroatoms. The Kier molecular flexibility index (Phi) is 6.41. The molecule has 1 aromatic rings. The second kappa shape index (κ2) is 7.57. The Morgan fingerprint density at radius 2 is 1.44 bits per heavy atom. The van der Waals surface area contributed by atoms with Crippen molar-refractivity contribution in [2.75, 3.05) is 6.26 Å². The first kappa shape index (κ1) is 15.2. The molecule has 1 aromatic carbocycles. The predicted molar refractivity (Wildman–Crippen MR) is 76.6 cm³/mol. The minimum Gasteiger partial charge on any atom is -0.224 e. The minimum atomic E-state index is -3.06. The van der Waals surface area contributed by atoms with Gasteiger partial charge in [-0.1, -0.05) is 51.2 Å². The Labute approximate surface area is 111 Å². The first-order chi connectivity index (χ1) is 8.54. The van der Waals surface area contributed by atoms with E-state index in [-0.39, 0.29) is 0 Å². The fourth-order valence-electron chi connectivity index (χ4n) is 2.01. The maximum atomic E-state index is 11.3. The van der Waals surface area contributed by atoms with Crippen LogP contribution in [0.3, 0.4) is 0 Å². The van der Waals surface area contributed by atoms with Crippen LogP contribution in [-0.4, -0.2) is 14.7 Å². The predicted octanol–water partition coefficient (Wildman–Crippen LogP) is 3.99. The molecule has 0 unspecified atom stereocenters. The van der Waals surface area contributed by atoms with E-state index in [1.165, 1.54) is 50.3 Å². The first-order valence-corrected chi connectivity index (χ1v) is 8.72. The Morgan fingerprint density at radius 1 is 0.889 bits per heavy atom. The molecule has 2 nitrogen and oxygen atoms in total. The Morgan fingerprint density at radius 3 is 2.00 bits per heavy atom. The Bertz CT molecular complexity index is 432. The Hall–Kier alpha value is -0.830. The van der Waals surface area contributed by atoms with E-state index < -0.39 is 9.84 Å². The standard InChI is InChI=1S/C15H24O2S/c1-3-4-5-6-7-8-9-14-10-12-15(13-11-14)18(2,16)17/h10-13H,3-9H2,1-2H3. The van der Waals surface area contributed by atoms with Gasteiger partial charge in [0.15, 0.2) is 9.84 Å². The zero-order valence-electron chi connectivity index (χ0n) is 11.5. The second-order valence-corrected chi connectivity index (χ2v) is 6.95. The molecule has 0 heterocycles. The van der Waals surface area contributed by atoms with E-state index in [0.717, 1.165) is 6.42 Å². The molecule has 0 fully saturated rings. The smallest absolute Gasteiger partial charge is 0.175 e. The third-order valence-electron chi connectivity index (χ3n) is 3.17. The van der Waals surface area contributed by atoms with Crippen LogP contribution in [0.4, 0.5) is 0 Å². The molecular weight excluding hydrogens is 244 g/mol. The molecule has 0 saturated carbocycles. The maximum Gasteiger partial charge on any atom is 0.175 e. The third-order valence-corrected chi connectivity index (χ3v) is 4.30. The highest BCUT2D eigenvalue weighted by Crippen LogP contribution is 2.13. The number of aryl methyl sites for hydroxylation is 1. The SMILES string of the molecule is CCCCCCCCc1ccc(S(C)(=O)=O)cc1. The fraction of sp³-hybridized carbons (Fsp3) is 0.600. The molecule has 0 N–H and O–H groups in total. The van der Waals surface area contributed by atoms with Crippen molar-refractivity contribution in [2.24, 2.45) is 0 Å². The average molecular weight is 268 g/mol. The molecule has 18 heavy (non-hydrogen) atoms. The summed E-state index contributed by atoms with van der Waals surface area (Å²) in [4.78, 5) is 0.411. The molecule has 0 bridgehead atoms. The van der Waals surface area contributed by atoms with Gasteiger partial charge in [0.25, 0.3) is 0 Å². The second-order valence-electron chi connectivity index (χ2n) is 4.93. The normalized spacial score (nSPS) is 11.7. The van der Waals surface area contributed by atoms with Crippen LogP contribution >= 0.6 is 0 Å². The lowest BCUT2D eigenvalue weighted by molar-refractivity contribution is 0.601. The van der Waals surface area contributed by atoms with Crippen LogP contribution < -0.4 is 0 Å². The molecule has 0 atom stereocenters. The number of rotatable bonds is 8. The summed E-state index contributed by atoms with van der Waals surface area (Å²) >= 11 is 0. The molecule has 1 rings (SSSR count). The van der Waals surface area contributed by atoms with Crippen LogP contribution in [0.1, 0.15) is 51.0 Å². The van der Waals surface area contributed by atoms with Crippen LogP contribution in [0.2, 0.25) is 0 Å². The van der Waals surface area contributed by atoms with Gasteiger partial charge in [-0.25, -0.2) is 8.42 Å². The van der Waals surface area contributed by atoms with Crippen molar-refractivity contribution in [3.63, 3.8) is 0 Å². The van der Waals surface area contributed by atoms with Crippen molar-refractivity contribution in [1.82, 2.24) is 0 Å². The molecule has 0 aliphatic rings. The van der Waals surface area contributed by atoms with Crippen molar-refractivity contribution in [1.29, 1.82) is 0 Å². The molecular formula is C15H24O2S. The number of hydrogen-bond acceptors (Lipinski definition) is 2. The molecule has 0 radical (unpaired) electrons. The number of benzene rings is 1. The van der Waals surface area contributed by atoms with Crippen molar-refractivity contribution < 1.29 is 8.42 Å². The minimum absolute atomic E-state index is 0.411. The number of sulfone groups is 1. The van der Waals surface area contributed by atoms with E-state index in [0.29, 0.717) is 4.90 Å². The number of hydrogen-bond donors (Lipinski definition) is 0. The van der Waals surface area contributed by atoms with Gasteiger partial charge in [-0.15, -0.1) is 0 Å². The molecule has 102 valence electrons. The van der Waals surface area contributed by atoms with E-state index in [4.69, 9.17) is 0 Å². The fourth-order valence-corrected chi connectivity index (χ4v) is 2.64. The van der Waals surface area contributed by atoms with Gasteiger partial charge in [-0.3, -0.25) is 0 Å². The zero-order valence-corrected chi connectivity index (χ0v) is 12.3. The van der Waals surface area contributed by atoms with Gasteiger partial charge in [-0.2, -0.15) is 0 Å². The summed E-state index contributed by atoms with van der Waals surface area (Å²) in [6.45, 7) is 2.23. The van der Waals surface area contributed by atoms with Gasteiger partial charge in [0.05, 0.1) is 4.90 Å². The van der Waals surface area contributed by atoms with Crippen molar-refractivity contribution in [3.8, 4) is 0 Å². The highest BCUT2D eigenvalue weighted by molar-refractivity contribution is 7.90. The van der Waals surface area contributed by atoms with Crippen LogP contribution in [0.25, 0.3) is 0 Å². The molecule has 0 spiro atoms. The summed E-state index contributed by atoms with van der Waals surface area (Å²) in [7, 11) is -3.06. The summed E-state index contributed by atoms with van der Waals surface area (Å²) in [6.07, 6.45) is 10.0. The summed E-state index contributed by atoms with van der Waals surface area (Å²) in [5.74, 6) is 0. The van der Waals surface area contributed by atoms with E-state index in [1.54, 1.807) is 12.1 Å². The molecule has 0 saturated heterocycles. The van der Waals surface area contributed by atoms with Crippen LogP contribution in [0.15, 0.2) is 29.2 Å². The summed E-state index contributed by atoms with van der Waals surface area (Å²) in [5.41, 5.74) is 1.23. The van der Waals surface area contributed by atoms with E-state index in [2.05, 4.69) is 6.92 Å². The molecule has 0 aliphatic heterocycles. The van der Waals surface area contributed by atoms with Crippen molar-refractivity contribution in [3.05, 3.63) is 29.8 Å². The Balaban J connectivity index is 2.32. The highest BCUT2D eigenvalue weighted by Gasteiger charge is 2.05. The van der Waals surface area contributed by atoms with Gasteiger partial charge in [-0.05, 0) is 30.5 Å². The molecule has 0 aliphatic carbocycles. The van der Waals surface area contributed by atoms with Crippen molar-refractivity contribution >= 4 is 9.84 Å². The first-order valence-electron chi connectivity index (χ1n) is 6.83. The lowest BCUT2D eigenvalue weighted by Gasteiger charge is -2.03. The zero-order chi connectivity index (χ0) is 13.4. The summed E-state index contributed by atoms with van der Waals surface area (Å²) < 4.78 is 22.6. The van der Waals surface area contributed by atoms with Crippen LogP contribution in [0, 0.1) is 0 Å². The summed E-state index contributed by atoms with van der Waals surface area (Å²) in [6, 6.07) is 7.29. The highest BCUT2D eigenvalue weighted by atomic mass is 32.2. The van der Waals surface area contributed by atoms with Gasteiger partial charge in [0.1, 0.15) is 0 Å². The van der Waals surface area contributed by atoms with E-state index >= 15 is 0 Å². The molecule has 0 amide bonds. The summed E-state index contributed by atoms with van der Waals surface area (Å²) in [5, 5.41) is 0. The van der Waals surface area contributed by atoms with Crippen molar-refractivity contribution in [2.45, 2.75) is 56.8 Å². The van der Waals surface area contributed by atoms with Crippen LogP contribution in [0.5, 0.6) is 0 Å². The van der Waals surface area contributed by atoms with Gasteiger partial charge < -0.3 is 0 Å².